The average Bonchev–Trinajstić information content (AvgIpc) is 2.51. The molecular weight excluding hydrogens is 268 g/mol. The molecule has 0 aliphatic rings. The van der Waals surface area contributed by atoms with Gasteiger partial charge >= 0.3 is 0 Å². The van der Waals surface area contributed by atoms with Crippen LogP contribution in [0.4, 0.5) is 5.82 Å². The van der Waals surface area contributed by atoms with Crippen LogP contribution in [-0.2, 0) is 4.79 Å². The topological polar surface area (TPSA) is 83.1 Å². The number of benzene rings is 1. The van der Waals surface area contributed by atoms with Crippen LogP contribution in [0.25, 0.3) is 10.8 Å². The Kier molecular flexibility index (Phi) is 4.71. The Labute approximate surface area is 122 Å². The lowest BCUT2D eigenvalue weighted by atomic mass is 10.1. The monoisotopic (exact) mass is 286 g/mol. The fourth-order valence-electron chi connectivity index (χ4n) is 2.02. The molecule has 2 aromatic rings. The molecule has 0 bridgehead atoms. The second kappa shape index (κ2) is 6.69. The molecule has 0 saturated heterocycles. The lowest BCUT2D eigenvalue weighted by molar-refractivity contribution is -0.120. The van der Waals surface area contributed by atoms with Crippen molar-refractivity contribution in [2.45, 2.75) is 6.92 Å². The van der Waals surface area contributed by atoms with Gasteiger partial charge in [0.2, 0.25) is 5.91 Å². The first-order chi connectivity index (χ1) is 10.2. The number of carbonyl (C=O) groups excluding carboxylic acids is 2. The number of nitrogens with one attached hydrogen (secondary N) is 3. The Bertz CT molecular complexity index is 670. The minimum atomic E-state index is -0.372. The number of fused-ring (bicyclic) bond motifs is 1. The third kappa shape index (κ3) is 3.47. The van der Waals surface area contributed by atoms with Gasteiger partial charge in [-0.05, 0) is 18.4 Å². The van der Waals surface area contributed by atoms with E-state index in [1.807, 2.05) is 31.2 Å². The highest BCUT2D eigenvalue weighted by Gasteiger charge is 2.12. The zero-order chi connectivity index (χ0) is 15.2. The number of hydrogen-bond donors (Lipinski definition) is 3. The summed E-state index contributed by atoms with van der Waals surface area (Å²) in [5.74, 6) is 0.0419. The number of likely N-dealkylation sites (N-methyl/N-ethyl adjacent to an activating group) is 1. The number of nitrogens with zero attached hydrogens (tertiary/aromatic N) is 1. The summed E-state index contributed by atoms with van der Waals surface area (Å²) in [6.45, 7) is 2.30. The molecule has 6 heteroatoms. The van der Waals surface area contributed by atoms with Gasteiger partial charge in [-0.25, -0.2) is 4.98 Å². The van der Waals surface area contributed by atoms with E-state index in [0.717, 1.165) is 10.8 Å². The van der Waals surface area contributed by atoms with Crippen LogP contribution in [0.3, 0.4) is 0 Å². The van der Waals surface area contributed by atoms with Crippen LogP contribution < -0.4 is 16.0 Å². The van der Waals surface area contributed by atoms with Crippen molar-refractivity contribution in [1.29, 1.82) is 0 Å². The van der Waals surface area contributed by atoms with Gasteiger partial charge in [0.25, 0.3) is 5.91 Å². The zero-order valence-corrected chi connectivity index (χ0v) is 12.1. The third-order valence-corrected chi connectivity index (χ3v) is 2.99. The van der Waals surface area contributed by atoms with E-state index in [0.29, 0.717) is 12.4 Å². The summed E-state index contributed by atoms with van der Waals surface area (Å²) < 4.78 is 0. The van der Waals surface area contributed by atoms with Crippen molar-refractivity contribution in [3.63, 3.8) is 0 Å². The molecule has 21 heavy (non-hydrogen) atoms. The largest absolute Gasteiger partial charge is 0.373 e. The van der Waals surface area contributed by atoms with Crippen molar-refractivity contribution >= 4 is 28.4 Å². The molecule has 110 valence electrons. The summed E-state index contributed by atoms with van der Waals surface area (Å²) in [4.78, 5) is 27.7. The number of amides is 2. The van der Waals surface area contributed by atoms with Crippen LogP contribution in [0, 0.1) is 0 Å². The van der Waals surface area contributed by atoms with E-state index in [2.05, 4.69) is 20.9 Å². The molecule has 1 heterocycles. The van der Waals surface area contributed by atoms with Crippen LogP contribution in [0.5, 0.6) is 0 Å². The molecule has 1 aromatic carbocycles. The van der Waals surface area contributed by atoms with E-state index in [4.69, 9.17) is 0 Å². The van der Waals surface area contributed by atoms with Gasteiger partial charge in [-0.3, -0.25) is 9.59 Å². The Morgan fingerprint density at radius 3 is 2.67 bits per heavy atom. The van der Waals surface area contributed by atoms with E-state index < -0.39 is 0 Å². The summed E-state index contributed by atoms with van der Waals surface area (Å²) in [5, 5.41) is 10.0. The van der Waals surface area contributed by atoms with Crippen LogP contribution in [0.15, 0.2) is 30.3 Å². The lowest BCUT2D eigenvalue weighted by Gasteiger charge is -2.09. The molecule has 0 aliphatic heterocycles. The first kappa shape index (κ1) is 14.8. The molecule has 2 amide bonds. The molecule has 0 saturated carbocycles. The highest BCUT2D eigenvalue weighted by molar-refractivity contribution is 6.01. The summed E-state index contributed by atoms with van der Waals surface area (Å²) in [7, 11) is 1.76. The van der Waals surface area contributed by atoms with Crippen molar-refractivity contribution in [2.75, 3.05) is 25.5 Å². The predicted molar refractivity (Wildman–Crippen MR) is 82.3 cm³/mol. The normalized spacial score (nSPS) is 10.2. The minimum Gasteiger partial charge on any atom is -0.373 e. The Morgan fingerprint density at radius 1 is 1.19 bits per heavy atom. The fourth-order valence-corrected chi connectivity index (χ4v) is 2.02. The standard InChI is InChI=1S/C15H18N4O2/c1-3-17-13(20)9-18-15(21)12-8-10-6-4-5-7-11(10)14(16-2)19-12/h4-8H,3,9H2,1-2H3,(H,16,19)(H,17,20)(H,18,21). The first-order valence-corrected chi connectivity index (χ1v) is 6.78. The maximum absolute atomic E-state index is 12.1. The van der Waals surface area contributed by atoms with E-state index in [9.17, 15) is 9.59 Å². The van der Waals surface area contributed by atoms with Gasteiger partial charge in [0.05, 0.1) is 6.54 Å². The zero-order valence-electron chi connectivity index (χ0n) is 12.1. The van der Waals surface area contributed by atoms with Gasteiger partial charge in [0.1, 0.15) is 11.5 Å². The molecular formula is C15H18N4O2. The Hall–Kier alpha value is -2.63. The highest BCUT2D eigenvalue weighted by atomic mass is 16.2. The van der Waals surface area contributed by atoms with Gasteiger partial charge in [0.15, 0.2) is 0 Å². The average molecular weight is 286 g/mol. The van der Waals surface area contributed by atoms with Crippen molar-refractivity contribution in [3.05, 3.63) is 36.0 Å². The molecule has 0 atom stereocenters. The van der Waals surface area contributed by atoms with Gasteiger partial charge < -0.3 is 16.0 Å². The fraction of sp³-hybridized carbons (Fsp3) is 0.267. The number of pyridine rings is 1. The predicted octanol–water partition coefficient (Wildman–Crippen LogP) is 1.14. The van der Waals surface area contributed by atoms with E-state index in [-0.39, 0.29) is 24.1 Å². The van der Waals surface area contributed by atoms with Gasteiger partial charge in [0, 0.05) is 19.0 Å². The highest BCUT2D eigenvalue weighted by Crippen LogP contribution is 2.21. The smallest absolute Gasteiger partial charge is 0.270 e. The van der Waals surface area contributed by atoms with E-state index in [1.165, 1.54) is 0 Å². The number of rotatable bonds is 5. The van der Waals surface area contributed by atoms with Crippen LogP contribution in [0.2, 0.25) is 0 Å². The van der Waals surface area contributed by atoms with Crippen molar-refractivity contribution in [3.8, 4) is 0 Å². The number of hydrogen-bond acceptors (Lipinski definition) is 4. The molecule has 0 radical (unpaired) electrons. The second-order valence-electron chi connectivity index (χ2n) is 4.46. The molecule has 1 aromatic heterocycles. The summed E-state index contributed by atoms with van der Waals surface area (Å²) in [5.41, 5.74) is 0.280. The molecule has 3 N–H and O–H groups in total. The minimum absolute atomic E-state index is 0.0595. The summed E-state index contributed by atoms with van der Waals surface area (Å²) in [6.07, 6.45) is 0. The molecule has 0 unspecified atom stereocenters. The molecule has 6 nitrogen and oxygen atoms in total. The van der Waals surface area contributed by atoms with Crippen LogP contribution >= 0.6 is 0 Å². The second-order valence-corrected chi connectivity index (χ2v) is 4.46. The first-order valence-electron chi connectivity index (χ1n) is 6.78. The Balaban J connectivity index is 2.21. The van der Waals surface area contributed by atoms with Crippen LogP contribution in [0.1, 0.15) is 17.4 Å². The van der Waals surface area contributed by atoms with Crippen molar-refractivity contribution < 1.29 is 9.59 Å². The number of aromatic nitrogens is 1. The lowest BCUT2D eigenvalue weighted by Crippen LogP contribution is -2.37. The van der Waals surface area contributed by atoms with Gasteiger partial charge in [-0.15, -0.1) is 0 Å². The summed E-state index contributed by atoms with van der Waals surface area (Å²) in [6, 6.07) is 9.38. The van der Waals surface area contributed by atoms with Gasteiger partial charge in [-0.1, -0.05) is 24.3 Å². The van der Waals surface area contributed by atoms with E-state index in [1.54, 1.807) is 13.1 Å². The maximum atomic E-state index is 12.1. The third-order valence-electron chi connectivity index (χ3n) is 2.99. The number of carbonyl (C=O) groups is 2. The number of anilines is 1. The Morgan fingerprint density at radius 2 is 1.95 bits per heavy atom. The van der Waals surface area contributed by atoms with Crippen molar-refractivity contribution in [2.24, 2.45) is 0 Å². The summed E-state index contributed by atoms with van der Waals surface area (Å²) >= 11 is 0. The molecule has 2 rings (SSSR count). The maximum Gasteiger partial charge on any atom is 0.270 e. The van der Waals surface area contributed by atoms with E-state index >= 15 is 0 Å². The van der Waals surface area contributed by atoms with Gasteiger partial charge in [-0.2, -0.15) is 0 Å². The molecule has 0 aliphatic carbocycles. The molecule has 0 spiro atoms. The SMILES string of the molecule is CCNC(=O)CNC(=O)c1cc2ccccc2c(NC)n1. The van der Waals surface area contributed by atoms with Crippen molar-refractivity contribution in [1.82, 2.24) is 15.6 Å². The quantitative estimate of drug-likeness (QED) is 0.770. The molecule has 0 fully saturated rings. The van der Waals surface area contributed by atoms with Crippen LogP contribution in [-0.4, -0.2) is 36.9 Å².